The zero-order valence-corrected chi connectivity index (χ0v) is 11.4. The van der Waals surface area contributed by atoms with Crippen LogP contribution in [-0.2, 0) is 4.74 Å². The van der Waals surface area contributed by atoms with Crippen LogP contribution in [0.3, 0.4) is 0 Å². The molecule has 1 saturated heterocycles. The van der Waals surface area contributed by atoms with Crippen LogP contribution in [0.5, 0.6) is 0 Å². The predicted octanol–water partition coefficient (Wildman–Crippen LogP) is 1.14. The van der Waals surface area contributed by atoms with Gasteiger partial charge in [0, 0.05) is 14.0 Å². The molecule has 0 aromatic rings. The SMILES string of the molecule is CC.CN(C)CCOCNC1CCNCC1.[HH]. The molecule has 0 bridgehead atoms. The minimum Gasteiger partial charge on any atom is -0.365 e. The van der Waals surface area contributed by atoms with Crippen LogP contribution in [0.25, 0.3) is 0 Å². The summed E-state index contributed by atoms with van der Waals surface area (Å²) in [4.78, 5) is 2.13. The van der Waals surface area contributed by atoms with E-state index in [1.54, 1.807) is 0 Å². The minimum absolute atomic E-state index is 0. The fourth-order valence-electron chi connectivity index (χ4n) is 1.52. The second-order valence-corrected chi connectivity index (χ2v) is 4.08. The maximum atomic E-state index is 5.47. The number of piperidine rings is 1. The minimum atomic E-state index is 0. The molecule has 0 saturated carbocycles. The molecule has 4 heteroatoms. The van der Waals surface area contributed by atoms with Crippen LogP contribution >= 0.6 is 0 Å². The first-order valence-corrected chi connectivity index (χ1v) is 6.45. The summed E-state index contributed by atoms with van der Waals surface area (Å²) in [5, 5.41) is 6.76. The van der Waals surface area contributed by atoms with Gasteiger partial charge in [-0.05, 0) is 40.0 Å². The Balaban J connectivity index is 0. The summed E-state index contributed by atoms with van der Waals surface area (Å²) in [5.41, 5.74) is 0. The summed E-state index contributed by atoms with van der Waals surface area (Å²) in [6, 6.07) is 0.649. The van der Waals surface area contributed by atoms with Crippen molar-refractivity contribution in [2.45, 2.75) is 32.7 Å². The average molecular weight is 233 g/mol. The smallest absolute Gasteiger partial charge is 0.0968 e. The summed E-state index contributed by atoms with van der Waals surface area (Å²) in [6.45, 7) is 8.77. The van der Waals surface area contributed by atoms with E-state index < -0.39 is 0 Å². The molecule has 100 valence electrons. The van der Waals surface area contributed by atoms with Crippen LogP contribution in [0, 0.1) is 0 Å². The molecule has 0 amide bonds. The van der Waals surface area contributed by atoms with Gasteiger partial charge in [-0.15, -0.1) is 0 Å². The van der Waals surface area contributed by atoms with Gasteiger partial charge < -0.3 is 15.0 Å². The van der Waals surface area contributed by atoms with Crippen molar-refractivity contribution >= 4 is 0 Å². The Morgan fingerprint density at radius 3 is 2.50 bits per heavy atom. The summed E-state index contributed by atoms with van der Waals surface area (Å²) in [6.07, 6.45) is 2.44. The molecule has 1 rings (SSSR count). The first-order valence-electron chi connectivity index (χ1n) is 6.45. The monoisotopic (exact) mass is 233 g/mol. The molecule has 0 spiro atoms. The van der Waals surface area contributed by atoms with Crippen LogP contribution in [0.2, 0.25) is 0 Å². The number of likely N-dealkylation sites (N-methyl/N-ethyl adjacent to an activating group) is 1. The van der Waals surface area contributed by atoms with E-state index in [0.717, 1.165) is 26.2 Å². The predicted molar refractivity (Wildman–Crippen MR) is 71.9 cm³/mol. The van der Waals surface area contributed by atoms with Crippen LogP contribution < -0.4 is 10.6 Å². The fourth-order valence-corrected chi connectivity index (χ4v) is 1.52. The lowest BCUT2D eigenvalue weighted by atomic mass is 10.1. The van der Waals surface area contributed by atoms with E-state index in [2.05, 4.69) is 29.6 Å². The van der Waals surface area contributed by atoms with Crippen molar-refractivity contribution in [3.05, 3.63) is 0 Å². The molecule has 1 heterocycles. The molecule has 0 radical (unpaired) electrons. The van der Waals surface area contributed by atoms with Crippen molar-refractivity contribution in [2.75, 3.05) is 47.1 Å². The van der Waals surface area contributed by atoms with Gasteiger partial charge in [-0.25, -0.2) is 0 Å². The third-order valence-corrected chi connectivity index (χ3v) is 2.50. The third kappa shape index (κ3) is 9.09. The Kier molecular flexibility index (Phi) is 11.2. The van der Waals surface area contributed by atoms with E-state index in [4.69, 9.17) is 4.74 Å². The lowest BCUT2D eigenvalue weighted by Crippen LogP contribution is -2.41. The highest BCUT2D eigenvalue weighted by Gasteiger charge is 2.11. The molecular weight excluding hydrogens is 202 g/mol. The summed E-state index contributed by atoms with van der Waals surface area (Å²) in [5.74, 6) is 0. The number of ether oxygens (including phenoxy) is 1. The molecule has 0 aromatic heterocycles. The molecule has 16 heavy (non-hydrogen) atoms. The van der Waals surface area contributed by atoms with Crippen LogP contribution in [0.15, 0.2) is 0 Å². The first-order chi connectivity index (χ1) is 7.79. The zero-order valence-electron chi connectivity index (χ0n) is 11.4. The maximum Gasteiger partial charge on any atom is 0.0968 e. The van der Waals surface area contributed by atoms with E-state index >= 15 is 0 Å². The largest absolute Gasteiger partial charge is 0.365 e. The van der Waals surface area contributed by atoms with Gasteiger partial charge in [0.25, 0.3) is 0 Å². The van der Waals surface area contributed by atoms with Gasteiger partial charge >= 0.3 is 0 Å². The highest BCUT2D eigenvalue weighted by molar-refractivity contribution is 4.72. The van der Waals surface area contributed by atoms with Crippen LogP contribution in [0.1, 0.15) is 28.1 Å². The van der Waals surface area contributed by atoms with E-state index in [9.17, 15) is 0 Å². The Hall–Kier alpha value is -0.160. The second kappa shape index (κ2) is 11.3. The fraction of sp³-hybridized carbons (Fsp3) is 1.00. The molecule has 1 aliphatic rings. The molecule has 2 N–H and O–H groups in total. The van der Waals surface area contributed by atoms with Crippen LogP contribution in [0.4, 0.5) is 0 Å². The number of hydrogen-bond acceptors (Lipinski definition) is 4. The summed E-state index contributed by atoms with van der Waals surface area (Å²) >= 11 is 0. The molecule has 0 aromatic carbocycles. The third-order valence-electron chi connectivity index (χ3n) is 2.50. The maximum absolute atomic E-state index is 5.47. The van der Waals surface area contributed by atoms with Gasteiger partial charge in [-0.2, -0.15) is 0 Å². The Labute approximate surface area is 102 Å². The zero-order chi connectivity index (χ0) is 12.2. The summed E-state index contributed by atoms with van der Waals surface area (Å²) in [7, 11) is 4.12. The quantitative estimate of drug-likeness (QED) is 0.533. The number of nitrogens with zero attached hydrogens (tertiary/aromatic N) is 1. The van der Waals surface area contributed by atoms with Gasteiger partial charge in [0.1, 0.15) is 0 Å². The van der Waals surface area contributed by atoms with Gasteiger partial charge in [-0.3, -0.25) is 5.32 Å². The molecule has 4 nitrogen and oxygen atoms in total. The Morgan fingerprint density at radius 1 is 1.31 bits per heavy atom. The number of nitrogens with one attached hydrogen (secondary N) is 2. The lowest BCUT2D eigenvalue weighted by molar-refractivity contribution is 0.0915. The van der Waals surface area contributed by atoms with E-state index in [-0.39, 0.29) is 1.43 Å². The van der Waals surface area contributed by atoms with Crippen molar-refractivity contribution in [1.82, 2.24) is 15.5 Å². The van der Waals surface area contributed by atoms with Gasteiger partial charge in [0.05, 0.1) is 13.3 Å². The Bertz CT molecular complexity index is 142. The van der Waals surface area contributed by atoms with Crippen molar-refractivity contribution in [2.24, 2.45) is 0 Å². The standard InChI is InChI=1S/C10H23N3O.C2H6.H2/c1-13(2)7-8-14-9-12-10-3-5-11-6-4-10;1-2;/h10-12H,3-9H2,1-2H3;1-2H3;1H. The molecule has 0 atom stereocenters. The molecule has 1 fully saturated rings. The number of rotatable bonds is 6. The van der Waals surface area contributed by atoms with Crippen molar-refractivity contribution in [1.29, 1.82) is 0 Å². The lowest BCUT2D eigenvalue weighted by Gasteiger charge is -2.23. The number of hydrogen-bond donors (Lipinski definition) is 2. The van der Waals surface area contributed by atoms with Crippen molar-refractivity contribution < 1.29 is 6.16 Å². The Morgan fingerprint density at radius 2 is 1.94 bits per heavy atom. The first kappa shape index (κ1) is 15.8. The highest BCUT2D eigenvalue weighted by atomic mass is 16.5. The average Bonchev–Trinajstić information content (AvgIpc) is 2.32. The normalized spacial score (nSPS) is 17.1. The van der Waals surface area contributed by atoms with Crippen molar-refractivity contribution in [3.63, 3.8) is 0 Å². The van der Waals surface area contributed by atoms with Gasteiger partial charge in [0.15, 0.2) is 0 Å². The molecule has 0 unspecified atom stereocenters. The topological polar surface area (TPSA) is 36.5 Å². The molecule has 1 aliphatic heterocycles. The van der Waals surface area contributed by atoms with Gasteiger partial charge in [-0.1, -0.05) is 13.8 Å². The van der Waals surface area contributed by atoms with E-state index in [0.29, 0.717) is 12.8 Å². The van der Waals surface area contributed by atoms with Crippen LogP contribution in [-0.4, -0.2) is 58.0 Å². The van der Waals surface area contributed by atoms with E-state index in [1.807, 2.05) is 13.8 Å². The summed E-state index contributed by atoms with van der Waals surface area (Å²) < 4.78 is 5.47. The van der Waals surface area contributed by atoms with Crippen molar-refractivity contribution in [3.8, 4) is 0 Å². The van der Waals surface area contributed by atoms with Gasteiger partial charge in [0.2, 0.25) is 0 Å². The molecule has 0 aliphatic carbocycles. The van der Waals surface area contributed by atoms with E-state index in [1.165, 1.54) is 12.8 Å². The second-order valence-electron chi connectivity index (χ2n) is 4.08. The molecular formula is C12H31N3O. The highest BCUT2D eigenvalue weighted by Crippen LogP contribution is 2.00.